The molecule has 0 bridgehead atoms. The van der Waals surface area contributed by atoms with E-state index in [9.17, 15) is 9.90 Å². The fourth-order valence-corrected chi connectivity index (χ4v) is 2.25. The zero-order valence-corrected chi connectivity index (χ0v) is 11.7. The van der Waals surface area contributed by atoms with E-state index in [2.05, 4.69) is 0 Å². The third-order valence-corrected chi connectivity index (χ3v) is 3.41. The van der Waals surface area contributed by atoms with Crippen molar-refractivity contribution in [2.45, 2.75) is 32.0 Å². The highest BCUT2D eigenvalue weighted by atomic mass is 16.5. The molecule has 1 N–H and O–H groups in total. The van der Waals surface area contributed by atoms with Crippen molar-refractivity contribution in [1.29, 1.82) is 5.26 Å². The summed E-state index contributed by atoms with van der Waals surface area (Å²) in [5.74, 6) is 0.419. The summed E-state index contributed by atoms with van der Waals surface area (Å²) in [5.41, 5.74) is -0.254. The highest BCUT2D eigenvalue weighted by Crippen LogP contribution is 2.22. The monoisotopic (exact) mass is 274 g/mol. The summed E-state index contributed by atoms with van der Waals surface area (Å²) in [4.78, 5) is 13.8. The molecule has 0 radical (unpaired) electrons. The van der Waals surface area contributed by atoms with Gasteiger partial charge in [0, 0.05) is 13.1 Å². The van der Waals surface area contributed by atoms with Gasteiger partial charge in [-0.05, 0) is 44.5 Å². The van der Waals surface area contributed by atoms with Crippen molar-refractivity contribution in [3.63, 3.8) is 0 Å². The number of β-amino-alcohol motifs (C(OH)–C–C–N with tert-alkyl or cyclic N) is 1. The van der Waals surface area contributed by atoms with E-state index in [0.717, 1.165) is 0 Å². The topological polar surface area (TPSA) is 73.6 Å². The fraction of sp³-hybridized carbons (Fsp3) is 0.467. The summed E-state index contributed by atoms with van der Waals surface area (Å²) in [5, 5.41) is 18.6. The molecule has 5 heteroatoms. The van der Waals surface area contributed by atoms with E-state index in [1.807, 2.05) is 6.07 Å². The molecule has 20 heavy (non-hydrogen) atoms. The predicted octanol–water partition coefficient (Wildman–Crippen LogP) is 1.31. The summed E-state index contributed by atoms with van der Waals surface area (Å²) in [6.07, 6.45) is -0.0284. The van der Waals surface area contributed by atoms with Gasteiger partial charge in [0.1, 0.15) is 5.75 Å². The van der Waals surface area contributed by atoms with Crippen LogP contribution in [0.2, 0.25) is 0 Å². The van der Waals surface area contributed by atoms with E-state index in [-0.39, 0.29) is 5.91 Å². The van der Waals surface area contributed by atoms with E-state index >= 15 is 0 Å². The normalized spacial score (nSPS) is 23.2. The first-order valence-corrected chi connectivity index (χ1v) is 6.59. The molecule has 5 nitrogen and oxygen atoms in total. The molecule has 1 saturated heterocycles. The minimum absolute atomic E-state index is 0.132. The van der Waals surface area contributed by atoms with Gasteiger partial charge in [0.05, 0.1) is 17.2 Å². The van der Waals surface area contributed by atoms with Crippen LogP contribution in [-0.2, 0) is 4.79 Å². The van der Waals surface area contributed by atoms with Gasteiger partial charge in [0.25, 0.3) is 5.91 Å². The van der Waals surface area contributed by atoms with Crippen LogP contribution in [0.15, 0.2) is 24.3 Å². The molecule has 0 aromatic heterocycles. The Morgan fingerprint density at radius 1 is 1.50 bits per heavy atom. The van der Waals surface area contributed by atoms with Crippen LogP contribution in [0, 0.1) is 11.3 Å². The Morgan fingerprint density at radius 3 is 2.65 bits per heavy atom. The van der Waals surface area contributed by atoms with Crippen molar-refractivity contribution in [1.82, 2.24) is 4.90 Å². The largest absolute Gasteiger partial charge is 0.481 e. The van der Waals surface area contributed by atoms with E-state index in [0.29, 0.717) is 30.8 Å². The number of hydrogen-bond acceptors (Lipinski definition) is 4. The number of amides is 1. The minimum Gasteiger partial charge on any atom is -0.481 e. The van der Waals surface area contributed by atoms with Crippen LogP contribution < -0.4 is 4.74 Å². The van der Waals surface area contributed by atoms with Gasteiger partial charge in [-0.1, -0.05) is 0 Å². The molecule has 106 valence electrons. The second kappa shape index (κ2) is 5.51. The molecule has 1 aliphatic rings. The number of likely N-dealkylation sites (tertiary alicyclic amines) is 1. The first kappa shape index (κ1) is 14.4. The maximum Gasteiger partial charge on any atom is 0.263 e. The molecule has 1 amide bonds. The third kappa shape index (κ3) is 3.28. The lowest BCUT2D eigenvalue weighted by Gasteiger charge is -2.23. The van der Waals surface area contributed by atoms with Crippen molar-refractivity contribution in [3.05, 3.63) is 29.8 Å². The number of benzene rings is 1. The van der Waals surface area contributed by atoms with Crippen LogP contribution in [0.1, 0.15) is 25.8 Å². The molecule has 1 aliphatic heterocycles. The second-order valence-electron chi connectivity index (χ2n) is 5.40. The number of ether oxygens (including phenoxy) is 1. The molecule has 0 aliphatic carbocycles. The molecule has 1 aromatic carbocycles. The number of carbonyl (C=O) groups is 1. The van der Waals surface area contributed by atoms with Gasteiger partial charge < -0.3 is 14.7 Å². The van der Waals surface area contributed by atoms with E-state index in [1.54, 1.807) is 43.0 Å². The minimum atomic E-state index is -0.802. The lowest BCUT2D eigenvalue weighted by Crippen LogP contribution is -2.41. The van der Waals surface area contributed by atoms with Crippen molar-refractivity contribution < 1.29 is 14.6 Å². The van der Waals surface area contributed by atoms with Crippen molar-refractivity contribution in [2.24, 2.45) is 0 Å². The van der Waals surface area contributed by atoms with Crippen LogP contribution in [0.4, 0.5) is 0 Å². The zero-order valence-electron chi connectivity index (χ0n) is 11.7. The average molecular weight is 274 g/mol. The van der Waals surface area contributed by atoms with Gasteiger partial charge >= 0.3 is 0 Å². The zero-order chi connectivity index (χ0) is 14.8. The molecule has 2 atom stereocenters. The smallest absolute Gasteiger partial charge is 0.263 e. The molecule has 2 unspecified atom stereocenters. The first-order valence-electron chi connectivity index (χ1n) is 6.59. The predicted molar refractivity (Wildman–Crippen MR) is 73.1 cm³/mol. The van der Waals surface area contributed by atoms with E-state index < -0.39 is 11.7 Å². The number of nitrogens with zero attached hydrogens (tertiary/aromatic N) is 2. The lowest BCUT2D eigenvalue weighted by molar-refractivity contribution is -0.137. The number of rotatable bonds is 3. The van der Waals surface area contributed by atoms with Crippen molar-refractivity contribution in [2.75, 3.05) is 13.1 Å². The van der Waals surface area contributed by atoms with Gasteiger partial charge in [-0.25, -0.2) is 0 Å². The van der Waals surface area contributed by atoms with E-state index in [4.69, 9.17) is 10.00 Å². The highest BCUT2D eigenvalue weighted by molar-refractivity contribution is 5.81. The molecular formula is C15H18N2O3. The Balaban J connectivity index is 1.96. The first-order chi connectivity index (χ1) is 9.41. The summed E-state index contributed by atoms with van der Waals surface area (Å²) < 4.78 is 5.57. The SMILES string of the molecule is CC(Oc1ccc(C#N)cc1)C(=O)N1CCC(C)(O)C1. The number of nitriles is 1. The van der Waals surface area contributed by atoms with Crippen LogP contribution in [0.3, 0.4) is 0 Å². The van der Waals surface area contributed by atoms with Crippen LogP contribution in [-0.4, -0.2) is 40.7 Å². The number of hydrogen-bond donors (Lipinski definition) is 1. The quantitative estimate of drug-likeness (QED) is 0.902. The third-order valence-electron chi connectivity index (χ3n) is 3.41. The molecule has 1 aromatic rings. The Morgan fingerprint density at radius 2 is 2.15 bits per heavy atom. The number of carbonyl (C=O) groups excluding carboxylic acids is 1. The van der Waals surface area contributed by atoms with Crippen LogP contribution in [0.5, 0.6) is 5.75 Å². The fourth-order valence-electron chi connectivity index (χ4n) is 2.25. The Kier molecular flexibility index (Phi) is 3.96. The van der Waals surface area contributed by atoms with Gasteiger partial charge in [0.15, 0.2) is 6.10 Å². The Labute approximate surface area is 118 Å². The molecule has 0 spiro atoms. The summed E-state index contributed by atoms with van der Waals surface area (Å²) in [6.45, 7) is 4.31. The standard InChI is InChI=1S/C15H18N2O3/c1-11(14(18)17-8-7-15(2,19)10-17)20-13-5-3-12(9-16)4-6-13/h3-6,11,19H,7-8,10H2,1-2H3. The maximum atomic E-state index is 12.2. The summed E-state index contributed by atoms with van der Waals surface area (Å²) >= 11 is 0. The van der Waals surface area contributed by atoms with Gasteiger partial charge in [-0.2, -0.15) is 5.26 Å². The number of aliphatic hydroxyl groups is 1. The van der Waals surface area contributed by atoms with Gasteiger partial charge in [-0.15, -0.1) is 0 Å². The van der Waals surface area contributed by atoms with Crippen LogP contribution in [0.25, 0.3) is 0 Å². The molecule has 2 rings (SSSR count). The molecule has 0 saturated carbocycles. The van der Waals surface area contributed by atoms with Crippen molar-refractivity contribution in [3.8, 4) is 11.8 Å². The Bertz CT molecular complexity index is 531. The van der Waals surface area contributed by atoms with Gasteiger partial charge in [-0.3, -0.25) is 4.79 Å². The lowest BCUT2D eigenvalue weighted by atomic mass is 10.1. The molecular weight excluding hydrogens is 256 g/mol. The van der Waals surface area contributed by atoms with E-state index in [1.165, 1.54) is 0 Å². The van der Waals surface area contributed by atoms with Crippen LogP contribution >= 0.6 is 0 Å². The molecule has 1 heterocycles. The maximum absolute atomic E-state index is 12.2. The highest BCUT2D eigenvalue weighted by Gasteiger charge is 2.36. The second-order valence-corrected chi connectivity index (χ2v) is 5.40. The summed E-state index contributed by atoms with van der Waals surface area (Å²) in [6, 6.07) is 8.66. The summed E-state index contributed by atoms with van der Waals surface area (Å²) in [7, 11) is 0. The van der Waals surface area contributed by atoms with Gasteiger partial charge in [0.2, 0.25) is 0 Å². The average Bonchev–Trinajstić information content (AvgIpc) is 2.79. The molecule has 1 fully saturated rings. The van der Waals surface area contributed by atoms with Crippen molar-refractivity contribution >= 4 is 5.91 Å². The Hall–Kier alpha value is -2.06.